The topological polar surface area (TPSA) is 47.7 Å². The molecule has 1 rings (SSSR count). The summed E-state index contributed by atoms with van der Waals surface area (Å²) in [5.41, 5.74) is 5.95. The molecule has 19 heavy (non-hydrogen) atoms. The Labute approximate surface area is 120 Å². The second-order valence-electron chi connectivity index (χ2n) is 4.87. The van der Waals surface area contributed by atoms with Gasteiger partial charge in [-0.3, -0.25) is 4.90 Å². The monoisotopic (exact) mass is 286 g/mol. The fourth-order valence-electron chi connectivity index (χ4n) is 2.19. The van der Waals surface area contributed by atoms with E-state index < -0.39 is 0 Å². The molecule has 0 saturated carbocycles. The molecule has 0 aromatic carbocycles. The van der Waals surface area contributed by atoms with Crippen LogP contribution in [-0.4, -0.2) is 44.0 Å². The van der Waals surface area contributed by atoms with Crippen molar-refractivity contribution in [3.63, 3.8) is 0 Å². The zero-order valence-corrected chi connectivity index (χ0v) is 13.2. The molecule has 4 nitrogen and oxygen atoms in total. The molecular formula is C14H26N2O2S. The first-order valence-electron chi connectivity index (χ1n) is 6.66. The lowest BCUT2D eigenvalue weighted by Gasteiger charge is -2.35. The van der Waals surface area contributed by atoms with E-state index in [1.807, 2.05) is 0 Å². The lowest BCUT2D eigenvalue weighted by Crippen LogP contribution is -2.46. The second kappa shape index (κ2) is 8.66. The van der Waals surface area contributed by atoms with Crippen molar-refractivity contribution in [2.75, 3.05) is 20.8 Å². The van der Waals surface area contributed by atoms with Crippen molar-refractivity contribution in [3.05, 3.63) is 22.4 Å². The van der Waals surface area contributed by atoms with Gasteiger partial charge in [0.25, 0.3) is 0 Å². The molecule has 2 N–H and O–H groups in total. The maximum Gasteiger partial charge on any atom is 0.158 e. The van der Waals surface area contributed by atoms with Crippen LogP contribution in [0.5, 0.6) is 0 Å². The highest BCUT2D eigenvalue weighted by Gasteiger charge is 2.24. The first kappa shape index (κ1) is 16.6. The van der Waals surface area contributed by atoms with Crippen molar-refractivity contribution in [2.45, 2.75) is 45.2 Å². The van der Waals surface area contributed by atoms with Gasteiger partial charge in [-0.15, -0.1) is 11.3 Å². The zero-order chi connectivity index (χ0) is 14.3. The minimum absolute atomic E-state index is 0.196. The molecule has 0 bridgehead atoms. The number of nitrogens with two attached hydrogens (primary N) is 1. The van der Waals surface area contributed by atoms with Crippen molar-refractivity contribution >= 4 is 11.3 Å². The molecule has 0 radical (unpaired) electrons. The van der Waals surface area contributed by atoms with Crippen LogP contribution in [0.2, 0.25) is 0 Å². The number of thiophene rings is 1. The van der Waals surface area contributed by atoms with Crippen LogP contribution >= 0.6 is 11.3 Å². The molecule has 5 heteroatoms. The third-order valence-corrected chi connectivity index (χ3v) is 4.17. The SMILES string of the molecule is COC(CC(CN)N(Cc1cccs1)C(C)C)OC. The van der Waals surface area contributed by atoms with Crippen molar-refractivity contribution in [1.82, 2.24) is 4.90 Å². The number of hydrogen-bond donors (Lipinski definition) is 1. The standard InChI is InChI=1S/C14H26N2O2S/c1-11(2)16(10-13-6-5-7-19-13)12(9-15)8-14(17-3)18-4/h5-7,11-12,14H,8-10,15H2,1-4H3. The van der Waals surface area contributed by atoms with Gasteiger partial charge in [-0.2, -0.15) is 0 Å². The normalized spacial score (nSPS) is 13.7. The van der Waals surface area contributed by atoms with Gasteiger partial charge < -0.3 is 15.2 Å². The molecule has 0 fully saturated rings. The van der Waals surface area contributed by atoms with Crippen LogP contribution in [0.25, 0.3) is 0 Å². The molecule has 0 saturated heterocycles. The summed E-state index contributed by atoms with van der Waals surface area (Å²) in [6.07, 6.45) is 0.589. The van der Waals surface area contributed by atoms with E-state index in [9.17, 15) is 0 Å². The van der Waals surface area contributed by atoms with Crippen LogP contribution < -0.4 is 5.73 Å². The summed E-state index contributed by atoms with van der Waals surface area (Å²) in [7, 11) is 3.33. The van der Waals surface area contributed by atoms with Crippen molar-refractivity contribution in [1.29, 1.82) is 0 Å². The molecular weight excluding hydrogens is 260 g/mol. The predicted molar refractivity (Wildman–Crippen MR) is 80.3 cm³/mol. The van der Waals surface area contributed by atoms with Gasteiger partial charge in [0.1, 0.15) is 0 Å². The maximum absolute atomic E-state index is 5.95. The first-order valence-corrected chi connectivity index (χ1v) is 7.54. The summed E-state index contributed by atoms with van der Waals surface area (Å²) in [6, 6.07) is 4.94. The van der Waals surface area contributed by atoms with E-state index in [2.05, 4.69) is 36.3 Å². The van der Waals surface area contributed by atoms with Crippen LogP contribution in [0, 0.1) is 0 Å². The van der Waals surface area contributed by atoms with Gasteiger partial charge in [-0.25, -0.2) is 0 Å². The van der Waals surface area contributed by atoms with Crippen LogP contribution in [0.15, 0.2) is 17.5 Å². The van der Waals surface area contributed by atoms with Gasteiger partial charge in [-0.1, -0.05) is 6.07 Å². The van der Waals surface area contributed by atoms with Gasteiger partial charge in [0.05, 0.1) is 0 Å². The van der Waals surface area contributed by atoms with E-state index in [1.165, 1.54) is 4.88 Å². The van der Waals surface area contributed by atoms with Crippen LogP contribution in [0.4, 0.5) is 0 Å². The van der Waals surface area contributed by atoms with E-state index in [0.717, 1.165) is 13.0 Å². The molecule has 1 atom stereocenters. The maximum atomic E-state index is 5.95. The summed E-state index contributed by atoms with van der Waals surface area (Å²) in [5, 5.41) is 2.11. The fraction of sp³-hybridized carbons (Fsp3) is 0.714. The van der Waals surface area contributed by atoms with E-state index in [4.69, 9.17) is 15.2 Å². The van der Waals surface area contributed by atoms with Crippen LogP contribution in [0.3, 0.4) is 0 Å². The van der Waals surface area contributed by atoms with E-state index in [1.54, 1.807) is 25.6 Å². The van der Waals surface area contributed by atoms with Gasteiger partial charge in [-0.05, 0) is 25.3 Å². The average molecular weight is 286 g/mol. The molecule has 1 aromatic rings. The van der Waals surface area contributed by atoms with Crippen molar-refractivity contribution in [2.24, 2.45) is 5.73 Å². The van der Waals surface area contributed by atoms with Crippen LogP contribution in [0.1, 0.15) is 25.1 Å². The summed E-state index contributed by atoms with van der Waals surface area (Å²) >= 11 is 1.78. The summed E-state index contributed by atoms with van der Waals surface area (Å²) in [4.78, 5) is 3.77. The van der Waals surface area contributed by atoms with Crippen molar-refractivity contribution < 1.29 is 9.47 Å². The molecule has 1 aromatic heterocycles. The third-order valence-electron chi connectivity index (χ3n) is 3.31. The number of methoxy groups -OCH3 is 2. The Balaban J connectivity index is 2.71. The minimum Gasteiger partial charge on any atom is -0.356 e. The first-order chi connectivity index (χ1) is 9.12. The Bertz CT molecular complexity index is 326. The van der Waals surface area contributed by atoms with E-state index >= 15 is 0 Å². The van der Waals surface area contributed by atoms with Crippen LogP contribution in [-0.2, 0) is 16.0 Å². The molecule has 1 unspecified atom stereocenters. The molecule has 0 amide bonds. The summed E-state index contributed by atoms with van der Waals surface area (Å²) in [6.45, 7) is 5.93. The second-order valence-corrected chi connectivity index (χ2v) is 5.90. The number of rotatable bonds is 9. The average Bonchev–Trinajstić information content (AvgIpc) is 2.91. The number of hydrogen-bond acceptors (Lipinski definition) is 5. The molecule has 0 aliphatic carbocycles. The van der Waals surface area contributed by atoms with Gasteiger partial charge in [0.15, 0.2) is 6.29 Å². The Morgan fingerprint density at radius 3 is 2.42 bits per heavy atom. The molecule has 0 spiro atoms. The van der Waals surface area contributed by atoms with E-state index in [-0.39, 0.29) is 12.3 Å². The Morgan fingerprint density at radius 1 is 1.32 bits per heavy atom. The summed E-state index contributed by atoms with van der Waals surface area (Å²) < 4.78 is 10.6. The van der Waals surface area contributed by atoms with Crippen molar-refractivity contribution in [3.8, 4) is 0 Å². The zero-order valence-electron chi connectivity index (χ0n) is 12.3. The smallest absolute Gasteiger partial charge is 0.158 e. The van der Waals surface area contributed by atoms with Gasteiger partial charge in [0, 0.05) is 50.7 Å². The molecule has 110 valence electrons. The predicted octanol–water partition coefficient (Wildman–Crippen LogP) is 2.29. The Morgan fingerprint density at radius 2 is 2.00 bits per heavy atom. The lowest BCUT2D eigenvalue weighted by atomic mass is 10.1. The lowest BCUT2D eigenvalue weighted by molar-refractivity contribution is -0.118. The highest BCUT2D eigenvalue weighted by molar-refractivity contribution is 7.09. The Kier molecular flexibility index (Phi) is 7.56. The molecule has 0 aliphatic rings. The molecule has 0 aliphatic heterocycles. The highest BCUT2D eigenvalue weighted by Crippen LogP contribution is 2.19. The highest BCUT2D eigenvalue weighted by atomic mass is 32.1. The van der Waals surface area contributed by atoms with Gasteiger partial charge in [0.2, 0.25) is 0 Å². The number of nitrogens with zero attached hydrogens (tertiary/aromatic N) is 1. The fourth-order valence-corrected chi connectivity index (χ4v) is 2.91. The minimum atomic E-state index is -0.196. The molecule has 1 heterocycles. The largest absolute Gasteiger partial charge is 0.356 e. The Hall–Kier alpha value is -0.460. The third kappa shape index (κ3) is 5.20. The van der Waals surface area contributed by atoms with Gasteiger partial charge >= 0.3 is 0 Å². The number of ether oxygens (including phenoxy) is 2. The quantitative estimate of drug-likeness (QED) is 0.708. The summed E-state index contributed by atoms with van der Waals surface area (Å²) in [5.74, 6) is 0. The van der Waals surface area contributed by atoms with E-state index in [0.29, 0.717) is 12.6 Å².